The molecule has 20 heavy (non-hydrogen) atoms. The first-order valence-electron chi connectivity index (χ1n) is 6.98. The number of hydrogen-bond donors (Lipinski definition) is 2. The zero-order valence-electron chi connectivity index (χ0n) is 11.7. The number of nitrogen functional groups attached to an aromatic ring is 1. The van der Waals surface area contributed by atoms with E-state index in [1.807, 2.05) is 0 Å². The van der Waals surface area contributed by atoms with Crippen molar-refractivity contribution in [2.45, 2.75) is 56.4 Å². The Hall–Kier alpha value is -1.14. The van der Waals surface area contributed by atoms with Crippen LogP contribution < -0.4 is 10.5 Å². The number of rotatable bonds is 3. The van der Waals surface area contributed by atoms with Crippen molar-refractivity contribution >= 4 is 15.7 Å². The predicted octanol–water partition coefficient (Wildman–Crippen LogP) is 2.72. The Morgan fingerprint density at radius 1 is 1.20 bits per heavy atom. The monoisotopic (exact) mass is 300 g/mol. The second kappa shape index (κ2) is 6.10. The molecular weight excluding hydrogens is 279 g/mol. The minimum atomic E-state index is -3.72. The molecule has 0 amide bonds. The number of sulfonamides is 1. The topological polar surface area (TPSA) is 72.2 Å². The molecule has 0 unspecified atom stereocenters. The van der Waals surface area contributed by atoms with Crippen molar-refractivity contribution in [2.75, 3.05) is 5.73 Å². The van der Waals surface area contributed by atoms with Crippen molar-refractivity contribution in [2.24, 2.45) is 0 Å². The van der Waals surface area contributed by atoms with Crippen LogP contribution in [0.5, 0.6) is 0 Å². The highest BCUT2D eigenvalue weighted by Gasteiger charge is 2.24. The summed E-state index contributed by atoms with van der Waals surface area (Å²) in [5, 5.41) is 0. The molecule has 0 bridgehead atoms. The molecule has 0 aromatic heterocycles. The first-order chi connectivity index (χ1) is 9.40. The van der Waals surface area contributed by atoms with E-state index in [0.717, 1.165) is 44.6 Å². The van der Waals surface area contributed by atoms with Gasteiger partial charge < -0.3 is 5.73 Å². The van der Waals surface area contributed by atoms with Gasteiger partial charge in [0.25, 0.3) is 0 Å². The molecular formula is C14H21FN2O2S. The fraction of sp³-hybridized carbons (Fsp3) is 0.571. The van der Waals surface area contributed by atoms with E-state index in [9.17, 15) is 12.8 Å². The molecule has 2 rings (SSSR count). The molecule has 1 aromatic carbocycles. The molecule has 0 atom stereocenters. The van der Waals surface area contributed by atoms with E-state index in [4.69, 9.17) is 5.73 Å². The maximum absolute atomic E-state index is 13.6. The molecule has 4 nitrogen and oxygen atoms in total. The molecule has 0 aliphatic heterocycles. The van der Waals surface area contributed by atoms with E-state index in [-0.39, 0.29) is 22.2 Å². The lowest BCUT2D eigenvalue weighted by Crippen LogP contribution is -2.35. The van der Waals surface area contributed by atoms with E-state index in [2.05, 4.69) is 4.72 Å². The van der Waals surface area contributed by atoms with Gasteiger partial charge in [0, 0.05) is 17.3 Å². The van der Waals surface area contributed by atoms with Crippen LogP contribution in [-0.4, -0.2) is 14.5 Å². The van der Waals surface area contributed by atoms with Crippen LogP contribution in [0, 0.1) is 12.7 Å². The van der Waals surface area contributed by atoms with Gasteiger partial charge >= 0.3 is 0 Å². The van der Waals surface area contributed by atoms with Crippen LogP contribution in [0.25, 0.3) is 0 Å². The van der Waals surface area contributed by atoms with Gasteiger partial charge in [-0.15, -0.1) is 0 Å². The smallest absolute Gasteiger partial charge is 0.241 e. The lowest BCUT2D eigenvalue weighted by molar-refractivity contribution is 0.508. The Balaban J connectivity index is 2.26. The first kappa shape index (κ1) is 15.3. The van der Waals surface area contributed by atoms with E-state index < -0.39 is 15.8 Å². The molecule has 1 fully saturated rings. The summed E-state index contributed by atoms with van der Waals surface area (Å²) in [5.74, 6) is -0.591. The summed E-state index contributed by atoms with van der Waals surface area (Å²) in [4.78, 5) is -0.0563. The number of nitrogens with one attached hydrogen (secondary N) is 1. The first-order valence-corrected chi connectivity index (χ1v) is 8.46. The summed E-state index contributed by atoms with van der Waals surface area (Å²) in [5.41, 5.74) is 5.78. The van der Waals surface area contributed by atoms with Crippen LogP contribution >= 0.6 is 0 Å². The molecule has 0 heterocycles. The lowest BCUT2D eigenvalue weighted by Gasteiger charge is -2.18. The largest absolute Gasteiger partial charge is 0.399 e. The Morgan fingerprint density at radius 2 is 1.80 bits per heavy atom. The van der Waals surface area contributed by atoms with Crippen molar-refractivity contribution in [3.05, 3.63) is 23.5 Å². The Kier molecular flexibility index (Phi) is 4.65. The average molecular weight is 300 g/mol. The third-order valence-electron chi connectivity index (χ3n) is 3.79. The van der Waals surface area contributed by atoms with Gasteiger partial charge in [-0.3, -0.25) is 0 Å². The summed E-state index contributed by atoms with van der Waals surface area (Å²) < 4.78 is 41.1. The maximum atomic E-state index is 13.6. The van der Waals surface area contributed by atoms with Gasteiger partial charge in [0.1, 0.15) is 5.82 Å². The fourth-order valence-electron chi connectivity index (χ4n) is 2.63. The third kappa shape index (κ3) is 3.49. The summed E-state index contributed by atoms with van der Waals surface area (Å²) >= 11 is 0. The van der Waals surface area contributed by atoms with Crippen LogP contribution in [0.2, 0.25) is 0 Å². The van der Waals surface area contributed by atoms with Crippen LogP contribution in [0.4, 0.5) is 10.1 Å². The van der Waals surface area contributed by atoms with E-state index in [1.54, 1.807) is 0 Å². The third-order valence-corrected chi connectivity index (χ3v) is 5.43. The minimum Gasteiger partial charge on any atom is -0.399 e. The van der Waals surface area contributed by atoms with Gasteiger partial charge in [0.05, 0.1) is 4.90 Å². The molecule has 0 saturated heterocycles. The van der Waals surface area contributed by atoms with Crippen molar-refractivity contribution in [1.29, 1.82) is 0 Å². The lowest BCUT2D eigenvalue weighted by atomic mass is 10.1. The molecule has 1 aliphatic rings. The fourth-order valence-corrected chi connectivity index (χ4v) is 4.23. The van der Waals surface area contributed by atoms with Gasteiger partial charge in [0.15, 0.2) is 0 Å². The molecule has 6 heteroatoms. The summed E-state index contributed by atoms with van der Waals surface area (Å²) in [7, 11) is -3.72. The zero-order valence-corrected chi connectivity index (χ0v) is 12.5. The molecule has 0 spiro atoms. The summed E-state index contributed by atoms with van der Waals surface area (Å²) in [6.07, 6.45) is 6.01. The van der Waals surface area contributed by atoms with Crippen molar-refractivity contribution < 1.29 is 12.8 Å². The molecule has 0 radical (unpaired) electrons. The quantitative estimate of drug-likeness (QED) is 0.666. The van der Waals surface area contributed by atoms with Crippen molar-refractivity contribution in [3.63, 3.8) is 0 Å². The maximum Gasteiger partial charge on any atom is 0.241 e. The summed E-state index contributed by atoms with van der Waals surface area (Å²) in [6.45, 7) is 1.45. The molecule has 112 valence electrons. The normalized spacial score (nSPS) is 17.9. The Labute approximate surface area is 119 Å². The van der Waals surface area contributed by atoms with Crippen molar-refractivity contribution in [3.8, 4) is 0 Å². The van der Waals surface area contributed by atoms with E-state index in [0.29, 0.717) is 0 Å². The van der Waals surface area contributed by atoms with Crippen LogP contribution in [0.1, 0.15) is 44.1 Å². The standard InChI is InChI=1S/C14H21FN2O2S/c1-10-13(15)8-11(16)9-14(10)20(18,19)17-12-6-4-2-3-5-7-12/h8-9,12,17H,2-7,16H2,1H3. The second-order valence-corrected chi connectivity index (χ2v) is 7.12. The van der Waals surface area contributed by atoms with Crippen LogP contribution in [0.3, 0.4) is 0 Å². The Morgan fingerprint density at radius 3 is 2.40 bits per heavy atom. The van der Waals surface area contributed by atoms with Gasteiger partial charge in [-0.05, 0) is 31.9 Å². The van der Waals surface area contributed by atoms with Gasteiger partial charge in [-0.25, -0.2) is 17.5 Å². The SMILES string of the molecule is Cc1c(F)cc(N)cc1S(=O)(=O)NC1CCCCCC1. The van der Waals surface area contributed by atoms with Gasteiger partial charge in [0.2, 0.25) is 10.0 Å². The van der Waals surface area contributed by atoms with Crippen molar-refractivity contribution in [1.82, 2.24) is 4.72 Å². The van der Waals surface area contributed by atoms with Crippen LogP contribution in [0.15, 0.2) is 17.0 Å². The number of anilines is 1. The molecule has 3 N–H and O–H groups in total. The van der Waals surface area contributed by atoms with E-state index >= 15 is 0 Å². The number of nitrogens with two attached hydrogens (primary N) is 1. The Bertz CT molecular complexity index is 579. The van der Waals surface area contributed by atoms with Gasteiger partial charge in [-0.2, -0.15) is 0 Å². The highest BCUT2D eigenvalue weighted by atomic mass is 32.2. The summed E-state index contributed by atoms with van der Waals surface area (Å²) in [6, 6.07) is 2.39. The van der Waals surface area contributed by atoms with E-state index in [1.165, 1.54) is 13.0 Å². The van der Waals surface area contributed by atoms with Gasteiger partial charge in [-0.1, -0.05) is 25.7 Å². The highest BCUT2D eigenvalue weighted by Crippen LogP contribution is 2.24. The zero-order chi connectivity index (χ0) is 14.8. The number of halogens is 1. The second-order valence-electron chi connectivity index (χ2n) is 5.44. The van der Waals surface area contributed by atoms with Crippen LogP contribution in [-0.2, 0) is 10.0 Å². The molecule has 1 saturated carbocycles. The number of hydrogen-bond acceptors (Lipinski definition) is 3. The number of benzene rings is 1. The molecule has 1 aliphatic carbocycles. The predicted molar refractivity (Wildman–Crippen MR) is 77.4 cm³/mol. The average Bonchev–Trinajstić information content (AvgIpc) is 2.61. The highest BCUT2D eigenvalue weighted by molar-refractivity contribution is 7.89. The minimum absolute atomic E-state index is 0.0563. The molecule has 1 aromatic rings.